The second kappa shape index (κ2) is 7.10. The van der Waals surface area contributed by atoms with Gasteiger partial charge in [-0.15, -0.1) is 11.3 Å². The molecule has 0 aliphatic heterocycles. The van der Waals surface area contributed by atoms with Crippen molar-refractivity contribution in [1.82, 2.24) is 4.98 Å². The Balaban J connectivity index is 2.05. The maximum Gasteiger partial charge on any atom is 0.230 e. The summed E-state index contributed by atoms with van der Waals surface area (Å²) in [6.45, 7) is 3.93. The number of carbonyl (C=O) groups is 1. The third kappa shape index (κ3) is 4.08. The van der Waals surface area contributed by atoms with Gasteiger partial charge in [0.25, 0.3) is 0 Å². The lowest BCUT2D eigenvalue weighted by molar-refractivity contribution is -0.115. The fourth-order valence-corrected chi connectivity index (χ4v) is 2.82. The molecule has 1 aromatic carbocycles. The SMILES string of the molecule is CC(C)C(N)c1nc(CC(=O)Nc2ccc(F)c(F)c2F)cs1. The molecular formula is C15H16F3N3OS. The number of halogens is 3. The monoisotopic (exact) mass is 343 g/mol. The first kappa shape index (κ1) is 17.4. The molecule has 4 nitrogen and oxygen atoms in total. The molecule has 0 radical (unpaired) electrons. The van der Waals surface area contributed by atoms with Gasteiger partial charge in [-0.3, -0.25) is 4.79 Å². The van der Waals surface area contributed by atoms with Gasteiger partial charge in [0.05, 0.1) is 23.8 Å². The van der Waals surface area contributed by atoms with Crippen molar-refractivity contribution in [1.29, 1.82) is 0 Å². The first-order chi connectivity index (χ1) is 10.8. The first-order valence-corrected chi connectivity index (χ1v) is 7.80. The zero-order valence-electron chi connectivity index (χ0n) is 12.6. The minimum atomic E-state index is -1.62. The Kier molecular flexibility index (Phi) is 5.38. The maximum atomic E-state index is 13.5. The Morgan fingerprint density at radius 3 is 2.65 bits per heavy atom. The fraction of sp³-hybridized carbons (Fsp3) is 0.333. The van der Waals surface area contributed by atoms with E-state index in [1.807, 2.05) is 13.8 Å². The van der Waals surface area contributed by atoms with Gasteiger partial charge in [0.15, 0.2) is 17.5 Å². The molecule has 0 bridgehead atoms. The molecule has 0 spiro atoms. The van der Waals surface area contributed by atoms with Crippen molar-refractivity contribution >= 4 is 22.9 Å². The molecule has 23 heavy (non-hydrogen) atoms. The Bertz CT molecular complexity index is 718. The van der Waals surface area contributed by atoms with Crippen LogP contribution in [0.25, 0.3) is 0 Å². The lowest BCUT2D eigenvalue weighted by Crippen LogP contribution is -2.18. The van der Waals surface area contributed by atoms with E-state index in [4.69, 9.17) is 5.73 Å². The van der Waals surface area contributed by atoms with E-state index >= 15 is 0 Å². The molecule has 0 fully saturated rings. The molecule has 0 aliphatic rings. The lowest BCUT2D eigenvalue weighted by atomic mass is 10.1. The molecule has 3 N–H and O–H groups in total. The van der Waals surface area contributed by atoms with E-state index in [2.05, 4.69) is 10.3 Å². The van der Waals surface area contributed by atoms with Crippen LogP contribution in [-0.2, 0) is 11.2 Å². The van der Waals surface area contributed by atoms with Crippen LogP contribution in [-0.4, -0.2) is 10.9 Å². The van der Waals surface area contributed by atoms with E-state index in [1.165, 1.54) is 11.3 Å². The van der Waals surface area contributed by atoms with Gasteiger partial charge >= 0.3 is 0 Å². The minimum Gasteiger partial charge on any atom is -0.323 e. The highest BCUT2D eigenvalue weighted by Gasteiger charge is 2.18. The number of benzene rings is 1. The van der Waals surface area contributed by atoms with Crippen LogP contribution in [0.2, 0.25) is 0 Å². The van der Waals surface area contributed by atoms with Gasteiger partial charge in [0, 0.05) is 5.38 Å². The van der Waals surface area contributed by atoms with Gasteiger partial charge in [-0.05, 0) is 18.1 Å². The molecule has 1 amide bonds. The molecule has 2 aromatic rings. The number of carbonyl (C=O) groups excluding carboxylic acids is 1. The Labute approximate surface area is 135 Å². The van der Waals surface area contributed by atoms with E-state index in [1.54, 1.807) is 5.38 Å². The summed E-state index contributed by atoms with van der Waals surface area (Å²) in [6.07, 6.45) is -0.111. The molecule has 1 heterocycles. The predicted octanol–water partition coefficient (Wildman–Crippen LogP) is 3.40. The van der Waals surface area contributed by atoms with Crippen LogP contribution in [0.5, 0.6) is 0 Å². The highest BCUT2D eigenvalue weighted by molar-refractivity contribution is 7.09. The van der Waals surface area contributed by atoms with Gasteiger partial charge in [-0.2, -0.15) is 0 Å². The van der Waals surface area contributed by atoms with Gasteiger partial charge in [-0.25, -0.2) is 18.2 Å². The predicted molar refractivity (Wildman–Crippen MR) is 82.5 cm³/mol. The average Bonchev–Trinajstić information content (AvgIpc) is 2.95. The fourth-order valence-electron chi connectivity index (χ4n) is 1.82. The van der Waals surface area contributed by atoms with Crippen molar-refractivity contribution in [3.8, 4) is 0 Å². The Hall–Kier alpha value is -1.93. The zero-order chi connectivity index (χ0) is 17.1. The normalized spacial score (nSPS) is 12.5. The quantitative estimate of drug-likeness (QED) is 0.818. The number of thiazole rings is 1. The number of nitrogens with two attached hydrogens (primary N) is 1. The van der Waals surface area contributed by atoms with Crippen LogP contribution in [0.15, 0.2) is 17.5 Å². The smallest absolute Gasteiger partial charge is 0.230 e. The van der Waals surface area contributed by atoms with Crippen molar-refractivity contribution in [3.05, 3.63) is 45.7 Å². The molecule has 1 unspecified atom stereocenters. The highest BCUT2D eigenvalue weighted by Crippen LogP contribution is 2.23. The number of hydrogen-bond acceptors (Lipinski definition) is 4. The van der Waals surface area contributed by atoms with Crippen molar-refractivity contribution in [2.24, 2.45) is 11.7 Å². The van der Waals surface area contributed by atoms with Gasteiger partial charge in [0.2, 0.25) is 5.91 Å². The summed E-state index contributed by atoms with van der Waals surface area (Å²) >= 11 is 1.34. The Morgan fingerprint density at radius 1 is 1.30 bits per heavy atom. The second-order valence-electron chi connectivity index (χ2n) is 5.39. The number of rotatable bonds is 5. The standard InChI is InChI=1S/C15H16F3N3OS/c1-7(2)14(19)15-20-8(6-23-15)5-11(22)21-10-4-3-9(16)12(17)13(10)18/h3-4,6-7,14H,5,19H2,1-2H3,(H,21,22). The topological polar surface area (TPSA) is 68.0 Å². The number of anilines is 1. The maximum absolute atomic E-state index is 13.5. The number of aromatic nitrogens is 1. The minimum absolute atomic E-state index is 0.111. The van der Waals surface area contributed by atoms with E-state index in [9.17, 15) is 18.0 Å². The molecule has 124 valence electrons. The van der Waals surface area contributed by atoms with Gasteiger partial charge in [-0.1, -0.05) is 13.8 Å². The molecule has 8 heteroatoms. The van der Waals surface area contributed by atoms with Crippen molar-refractivity contribution in [2.45, 2.75) is 26.3 Å². The van der Waals surface area contributed by atoms with Crippen molar-refractivity contribution in [2.75, 3.05) is 5.32 Å². The van der Waals surface area contributed by atoms with Crippen LogP contribution >= 0.6 is 11.3 Å². The van der Waals surface area contributed by atoms with Crippen LogP contribution in [0, 0.1) is 23.4 Å². The number of nitrogens with zero attached hydrogens (tertiary/aromatic N) is 1. The molecule has 0 saturated carbocycles. The van der Waals surface area contributed by atoms with Crippen LogP contribution in [0.3, 0.4) is 0 Å². The highest BCUT2D eigenvalue weighted by atomic mass is 32.1. The third-order valence-electron chi connectivity index (χ3n) is 3.22. The summed E-state index contributed by atoms with van der Waals surface area (Å²) in [5.74, 6) is -4.74. The summed E-state index contributed by atoms with van der Waals surface area (Å²) in [5.41, 5.74) is 6.05. The van der Waals surface area contributed by atoms with Crippen molar-refractivity contribution < 1.29 is 18.0 Å². The zero-order valence-corrected chi connectivity index (χ0v) is 13.4. The third-order valence-corrected chi connectivity index (χ3v) is 4.22. The summed E-state index contributed by atoms with van der Waals surface area (Å²) < 4.78 is 39.5. The van der Waals surface area contributed by atoms with E-state index < -0.39 is 29.0 Å². The molecule has 1 aromatic heterocycles. The molecule has 1 atom stereocenters. The molecule has 0 saturated heterocycles. The van der Waals surface area contributed by atoms with Crippen molar-refractivity contribution in [3.63, 3.8) is 0 Å². The van der Waals surface area contributed by atoms with E-state index in [0.717, 1.165) is 12.1 Å². The van der Waals surface area contributed by atoms with E-state index in [0.29, 0.717) is 10.7 Å². The summed E-state index contributed by atoms with van der Waals surface area (Å²) in [5, 5.41) is 4.60. The van der Waals surface area contributed by atoms with E-state index in [-0.39, 0.29) is 18.4 Å². The summed E-state index contributed by atoms with van der Waals surface area (Å²) in [7, 11) is 0. The molecule has 2 rings (SSSR count). The number of amides is 1. The first-order valence-electron chi connectivity index (χ1n) is 6.92. The van der Waals surface area contributed by atoms with Crippen LogP contribution < -0.4 is 11.1 Å². The summed E-state index contributed by atoms with van der Waals surface area (Å²) in [6, 6.07) is 1.49. The largest absolute Gasteiger partial charge is 0.323 e. The van der Waals surface area contributed by atoms with Gasteiger partial charge in [0.1, 0.15) is 5.01 Å². The van der Waals surface area contributed by atoms with Crippen LogP contribution in [0.1, 0.15) is 30.6 Å². The van der Waals surface area contributed by atoms with Gasteiger partial charge < -0.3 is 11.1 Å². The number of nitrogens with one attached hydrogen (secondary N) is 1. The Morgan fingerprint density at radius 2 is 2.00 bits per heavy atom. The molecular weight excluding hydrogens is 327 g/mol. The number of hydrogen-bond donors (Lipinski definition) is 2. The second-order valence-corrected chi connectivity index (χ2v) is 6.28. The lowest BCUT2D eigenvalue weighted by Gasteiger charge is -2.11. The molecule has 0 aliphatic carbocycles. The average molecular weight is 343 g/mol. The van der Waals surface area contributed by atoms with Crippen LogP contribution in [0.4, 0.5) is 18.9 Å². The summed E-state index contributed by atoms with van der Waals surface area (Å²) in [4.78, 5) is 16.2.